The summed E-state index contributed by atoms with van der Waals surface area (Å²) in [5.41, 5.74) is -0.494. The van der Waals surface area contributed by atoms with Crippen molar-refractivity contribution < 1.29 is 20.0 Å². The van der Waals surface area contributed by atoms with Gasteiger partial charge in [-0.15, -0.1) is 0 Å². The van der Waals surface area contributed by atoms with Crippen LogP contribution in [-0.2, 0) is 20.0 Å². The van der Waals surface area contributed by atoms with Gasteiger partial charge in [-0.05, 0) is 27.7 Å². The molecule has 0 rings (SSSR count). The molecule has 0 saturated heterocycles. The summed E-state index contributed by atoms with van der Waals surface area (Å²) in [6.45, 7) is 12.3. The van der Waals surface area contributed by atoms with Gasteiger partial charge in [0.25, 0.3) is 0 Å². The van der Waals surface area contributed by atoms with Crippen molar-refractivity contribution in [3.8, 4) is 0 Å². The maximum absolute atomic E-state index is 10.8. The number of hydrogen-bond acceptors (Lipinski definition) is 5. The molecule has 0 aliphatic rings. The van der Waals surface area contributed by atoms with Crippen LogP contribution in [0.3, 0.4) is 0 Å². The molecule has 0 aliphatic carbocycles. The Balaban J connectivity index is 0. The van der Waals surface area contributed by atoms with Gasteiger partial charge >= 0.3 is 62.5 Å². The first-order valence-electron chi connectivity index (χ1n) is 5.99. The van der Waals surface area contributed by atoms with Crippen molar-refractivity contribution in [1.82, 2.24) is 0 Å². The molecule has 18 heavy (non-hydrogen) atoms. The summed E-state index contributed by atoms with van der Waals surface area (Å²) in [5.74, 6) is -0.621. The Hall–Kier alpha value is -0.0699. The Labute approximate surface area is 122 Å². The Morgan fingerprint density at radius 2 is 1.50 bits per heavy atom. The molecule has 0 atom stereocenters. The minimum atomic E-state index is -0.966. The van der Waals surface area contributed by atoms with E-state index in [0.717, 1.165) is 13.2 Å². The number of carbonyl (C=O) groups excluding carboxylic acids is 2. The van der Waals surface area contributed by atoms with Crippen molar-refractivity contribution in [3.05, 3.63) is 0 Å². The van der Waals surface area contributed by atoms with Gasteiger partial charge in [-0.1, -0.05) is 0 Å². The summed E-state index contributed by atoms with van der Waals surface area (Å²) < 4.78 is 15.0. The van der Waals surface area contributed by atoms with Crippen LogP contribution in [0, 0.1) is 0 Å². The third-order valence-corrected chi connectivity index (χ3v) is 3.96. The number of carbonyl (C=O) groups is 2. The molecule has 0 amide bonds. The molecule has 0 unspecified atom stereocenters. The monoisotopic (exact) mass is 363 g/mol. The van der Waals surface area contributed by atoms with Crippen molar-refractivity contribution in [2.24, 2.45) is 0 Å². The SMILES string of the molecule is CC(=O)CC(=O)OC(C)(C)C.CC[O][In][O]CC. The Morgan fingerprint density at radius 1 is 1.06 bits per heavy atom. The Morgan fingerprint density at radius 3 is 1.78 bits per heavy atom. The summed E-state index contributed by atoms with van der Waals surface area (Å²) >= 11 is -0.966. The zero-order valence-electron chi connectivity index (χ0n) is 12.2. The Kier molecular flexibility index (Phi) is 13.5. The van der Waals surface area contributed by atoms with Gasteiger partial charge in [-0.25, -0.2) is 0 Å². The van der Waals surface area contributed by atoms with E-state index in [2.05, 4.69) is 0 Å². The molecular formula is C12H24InO5. The van der Waals surface area contributed by atoms with Gasteiger partial charge in [0, 0.05) is 0 Å². The van der Waals surface area contributed by atoms with Crippen LogP contribution >= 0.6 is 0 Å². The van der Waals surface area contributed by atoms with E-state index in [9.17, 15) is 9.59 Å². The molecule has 0 bridgehead atoms. The number of ketones is 1. The number of rotatable bonds is 6. The Bertz CT molecular complexity index is 231. The van der Waals surface area contributed by atoms with Crippen molar-refractivity contribution in [2.75, 3.05) is 13.2 Å². The van der Waals surface area contributed by atoms with E-state index in [1.54, 1.807) is 20.8 Å². The fraction of sp³-hybridized carbons (Fsp3) is 0.833. The number of esters is 1. The maximum atomic E-state index is 10.8. The second-order valence-electron chi connectivity index (χ2n) is 4.47. The molecule has 5 nitrogen and oxygen atoms in total. The van der Waals surface area contributed by atoms with E-state index in [-0.39, 0.29) is 12.2 Å². The topological polar surface area (TPSA) is 61.8 Å². The standard InChI is InChI=1S/C8H14O3.2C2H5O.In/c1-6(9)5-7(10)11-8(2,3)4;2*1-2-3;/h5H2,1-4H3;2*2H2,1H3;/q;2*-1;+2. The first-order chi connectivity index (χ1) is 8.22. The first-order valence-corrected chi connectivity index (χ1v) is 8.68. The summed E-state index contributed by atoms with van der Waals surface area (Å²) in [6.07, 6.45) is -0.128. The number of ether oxygens (including phenoxy) is 1. The third-order valence-electron chi connectivity index (χ3n) is 1.28. The summed E-state index contributed by atoms with van der Waals surface area (Å²) in [6, 6.07) is 0. The predicted molar refractivity (Wildman–Crippen MR) is 70.1 cm³/mol. The third kappa shape index (κ3) is 21.2. The van der Waals surface area contributed by atoms with E-state index >= 15 is 0 Å². The number of Topliss-reactive ketones (excluding diaryl/α,β-unsaturated/α-hetero) is 1. The van der Waals surface area contributed by atoms with Gasteiger partial charge in [-0.2, -0.15) is 0 Å². The van der Waals surface area contributed by atoms with Gasteiger partial charge < -0.3 is 4.74 Å². The van der Waals surface area contributed by atoms with Crippen molar-refractivity contribution in [2.45, 2.75) is 53.6 Å². The summed E-state index contributed by atoms with van der Waals surface area (Å²) in [7, 11) is 0. The van der Waals surface area contributed by atoms with Gasteiger partial charge in [0.05, 0.1) is 0 Å². The van der Waals surface area contributed by atoms with E-state index in [1.165, 1.54) is 6.92 Å². The minimum absolute atomic E-state index is 0.128. The van der Waals surface area contributed by atoms with Crippen LogP contribution in [0.4, 0.5) is 0 Å². The molecule has 105 valence electrons. The van der Waals surface area contributed by atoms with Crippen LogP contribution in [0.2, 0.25) is 0 Å². The average Bonchev–Trinajstić information content (AvgIpc) is 2.15. The van der Waals surface area contributed by atoms with Gasteiger partial charge in [0.1, 0.15) is 17.8 Å². The molecule has 0 aromatic heterocycles. The van der Waals surface area contributed by atoms with E-state index in [4.69, 9.17) is 10.4 Å². The van der Waals surface area contributed by atoms with Gasteiger partial charge in [-0.3, -0.25) is 9.59 Å². The van der Waals surface area contributed by atoms with Crippen molar-refractivity contribution in [3.63, 3.8) is 0 Å². The summed E-state index contributed by atoms with van der Waals surface area (Å²) in [5, 5.41) is 0. The van der Waals surface area contributed by atoms with Crippen LogP contribution < -0.4 is 0 Å². The van der Waals surface area contributed by atoms with E-state index in [0.29, 0.717) is 0 Å². The fourth-order valence-corrected chi connectivity index (χ4v) is 1.82. The zero-order valence-corrected chi connectivity index (χ0v) is 15.5. The zero-order chi connectivity index (χ0) is 14.6. The summed E-state index contributed by atoms with van der Waals surface area (Å²) in [4.78, 5) is 21.3. The molecule has 0 aliphatic heterocycles. The second kappa shape index (κ2) is 12.0. The molecule has 0 heterocycles. The van der Waals surface area contributed by atoms with Crippen LogP contribution in [0.15, 0.2) is 0 Å². The molecule has 1 radical (unpaired) electrons. The fourth-order valence-electron chi connectivity index (χ4n) is 0.765. The molecular weight excluding hydrogens is 339 g/mol. The molecule has 0 fully saturated rings. The predicted octanol–water partition coefficient (Wildman–Crippen LogP) is 1.90. The van der Waals surface area contributed by atoms with E-state index in [1.807, 2.05) is 13.8 Å². The molecule has 0 saturated carbocycles. The van der Waals surface area contributed by atoms with Crippen molar-refractivity contribution in [1.29, 1.82) is 0 Å². The molecule has 0 aromatic rings. The van der Waals surface area contributed by atoms with E-state index < -0.39 is 35.3 Å². The first kappa shape index (κ1) is 20.3. The molecule has 0 spiro atoms. The number of hydrogen-bond donors (Lipinski definition) is 0. The quantitative estimate of drug-likeness (QED) is 0.410. The molecule has 6 heteroatoms. The van der Waals surface area contributed by atoms with Crippen LogP contribution in [0.5, 0.6) is 0 Å². The normalized spacial score (nSPS) is 10.1. The van der Waals surface area contributed by atoms with Crippen LogP contribution in [0.25, 0.3) is 0 Å². The van der Waals surface area contributed by atoms with Crippen LogP contribution in [0.1, 0.15) is 48.0 Å². The average molecular weight is 363 g/mol. The van der Waals surface area contributed by atoms with Gasteiger partial charge in [0.15, 0.2) is 0 Å². The van der Waals surface area contributed by atoms with Crippen molar-refractivity contribution >= 4 is 35.5 Å². The molecule has 0 aromatic carbocycles. The molecule has 0 N–H and O–H groups in total. The second-order valence-corrected chi connectivity index (χ2v) is 6.92. The van der Waals surface area contributed by atoms with Gasteiger partial charge in [0.2, 0.25) is 0 Å². The van der Waals surface area contributed by atoms with Crippen LogP contribution in [-0.4, -0.2) is 54.3 Å².